The third-order valence-corrected chi connectivity index (χ3v) is 4.46. The van der Waals surface area contributed by atoms with Crippen LogP contribution in [0.2, 0.25) is 5.02 Å². The zero-order valence-electron chi connectivity index (χ0n) is 13.2. The Kier molecular flexibility index (Phi) is 4.01. The Hall–Kier alpha value is -2.66. The lowest BCUT2D eigenvalue weighted by Gasteiger charge is -2.29. The summed E-state index contributed by atoms with van der Waals surface area (Å²) in [6, 6.07) is 13.9. The van der Waals surface area contributed by atoms with Crippen molar-refractivity contribution in [3.05, 3.63) is 70.7 Å². The van der Waals surface area contributed by atoms with Gasteiger partial charge in [-0.15, -0.1) is 0 Å². The van der Waals surface area contributed by atoms with Gasteiger partial charge in [-0.25, -0.2) is 4.39 Å². The second-order valence-corrected chi connectivity index (χ2v) is 6.33. The largest absolute Gasteiger partial charge is 0.350 e. The minimum atomic E-state index is -0.502. The third-order valence-electron chi connectivity index (χ3n) is 4.24. The Morgan fingerprint density at radius 2 is 2.00 bits per heavy atom. The van der Waals surface area contributed by atoms with Crippen LogP contribution in [0.15, 0.2) is 53.1 Å². The number of hydrogen-bond acceptors (Lipinski definition) is 3. The van der Waals surface area contributed by atoms with Crippen LogP contribution in [-0.4, -0.2) is 17.6 Å². The predicted molar refractivity (Wildman–Crippen MR) is 93.3 cm³/mol. The molecule has 0 fully saturated rings. The molecule has 0 saturated heterocycles. The van der Waals surface area contributed by atoms with Crippen LogP contribution in [0.1, 0.15) is 22.5 Å². The fraction of sp³-hybridized carbons (Fsp3) is 0.158. The van der Waals surface area contributed by atoms with Gasteiger partial charge in [-0.2, -0.15) is 0 Å². The zero-order chi connectivity index (χ0) is 17.4. The molecule has 3 aromatic rings. The molecule has 0 aliphatic carbocycles. The van der Waals surface area contributed by atoms with Crippen molar-refractivity contribution < 1.29 is 13.7 Å². The Balaban J connectivity index is 1.69. The number of rotatable bonds is 2. The van der Waals surface area contributed by atoms with Gasteiger partial charge in [0.25, 0.3) is 5.91 Å². The van der Waals surface area contributed by atoms with Gasteiger partial charge in [0, 0.05) is 23.2 Å². The first-order valence-corrected chi connectivity index (χ1v) is 8.33. The number of benzene rings is 2. The molecule has 25 heavy (non-hydrogen) atoms. The molecule has 4 nitrogen and oxygen atoms in total. The SMILES string of the molecule is O=C(c1cc(-c2ccccc2)no1)N1CCCc2cc(Cl)cc(F)c21. The molecule has 0 spiro atoms. The number of fused-ring (bicyclic) bond motifs is 1. The average Bonchev–Trinajstić information content (AvgIpc) is 3.11. The number of carbonyl (C=O) groups is 1. The number of hydrogen-bond donors (Lipinski definition) is 0. The number of aromatic nitrogens is 1. The minimum absolute atomic E-state index is 0.0843. The molecule has 0 radical (unpaired) electrons. The number of anilines is 1. The first-order chi connectivity index (χ1) is 12.1. The summed E-state index contributed by atoms with van der Waals surface area (Å²) >= 11 is 5.93. The van der Waals surface area contributed by atoms with Gasteiger partial charge < -0.3 is 9.42 Å². The Morgan fingerprint density at radius 3 is 2.80 bits per heavy atom. The van der Waals surface area contributed by atoms with Crippen molar-refractivity contribution in [3.63, 3.8) is 0 Å². The molecule has 6 heteroatoms. The highest BCUT2D eigenvalue weighted by Crippen LogP contribution is 2.34. The molecule has 126 valence electrons. The van der Waals surface area contributed by atoms with Crippen molar-refractivity contribution >= 4 is 23.2 Å². The maximum Gasteiger partial charge on any atom is 0.296 e. The zero-order valence-corrected chi connectivity index (χ0v) is 14.0. The van der Waals surface area contributed by atoms with E-state index < -0.39 is 11.7 Å². The number of nitrogens with zero attached hydrogens (tertiary/aromatic N) is 2. The van der Waals surface area contributed by atoms with E-state index >= 15 is 0 Å². The van der Waals surface area contributed by atoms with Gasteiger partial charge in [0.1, 0.15) is 11.5 Å². The van der Waals surface area contributed by atoms with Crippen molar-refractivity contribution in [2.45, 2.75) is 12.8 Å². The molecule has 0 bridgehead atoms. The molecule has 0 saturated carbocycles. The number of halogens is 2. The average molecular weight is 357 g/mol. The number of carbonyl (C=O) groups excluding carboxylic acids is 1. The maximum atomic E-state index is 14.4. The highest BCUT2D eigenvalue weighted by molar-refractivity contribution is 6.30. The van der Waals surface area contributed by atoms with Crippen molar-refractivity contribution in [3.8, 4) is 11.3 Å². The van der Waals surface area contributed by atoms with Crippen LogP contribution in [0, 0.1) is 5.82 Å². The van der Waals surface area contributed by atoms with E-state index in [1.807, 2.05) is 30.3 Å². The first-order valence-electron chi connectivity index (χ1n) is 7.95. The van der Waals surface area contributed by atoms with Crippen LogP contribution >= 0.6 is 11.6 Å². The minimum Gasteiger partial charge on any atom is -0.350 e. The number of aryl methyl sites for hydroxylation is 1. The summed E-state index contributed by atoms with van der Waals surface area (Å²) in [4.78, 5) is 14.2. The van der Waals surface area contributed by atoms with E-state index in [-0.39, 0.29) is 11.4 Å². The highest BCUT2D eigenvalue weighted by Gasteiger charge is 2.29. The van der Waals surface area contributed by atoms with E-state index in [0.29, 0.717) is 23.7 Å². The van der Waals surface area contributed by atoms with Crippen LogP contribution in [0.5, 0.6) is 0 Å². The molecule has 4 rings (SSSR count). The highest BCUT2D eigenvalue weighted by atomic mass is 35.5. The summed E-state index contributed by atoms with van der Waals surface area (Å²) in [7, 11) is 0. The topological polar surface area (TPSA) is 46.3 Å². The van der Waals surface area contributed by atoms with Gasteiger partial charge >= 0.3 is 0 Å². The standard InChI is InChI=1S/C19H14ClFN2O2/c20-14-9-13-7-4-8-23(18(13)15(21)10-14)19(24)17-11-16(22-25-17)12-5-2-1-3-6-12/h1-3,5-6,9-11H,4,7-8H2. The molecule has 0 unspecified atom stereocenters. The van der Waals surface area contributed by atoms with Gasteiger partial charge in [-0.3, -0.25) is 4.79 Å². The van der Waals surface area contributed by atoms with Gasteiger partial charge in [0.2, 0.25) is 5.76 Å². The quantitative estimate of drug-likeness (QED) is 0.667. The van der Waals surface area contributed by atoms with Gasteiger partial charge in [0.05, 0.1) is 5.69 Å². The molecule has 0 atom stereocenters. The lowest BCUT2D eigenvalue weighted by Crippen LogP contribution is -2.36. The molecule has 1 aliphatic rings. The number of amides is 1. The molecular formula is C19H14ClFN2O2. The first kappa shape index (κ1) is 15.8. The van der Waals surface area contributed by atoms with Crippen LogP contribution in [0.25, 0.3) is 11.3 Å². The summed E-state index contributed by atoms with van der Waals surface area (Å²) in [6.07, 6.45) is 1.42. The summed E-state index contributed by atoms with van der Waals surface area (Å²) in [5.74, 6) is -0.823. The second kappa shape index (κ2) is 6.33. The fourth-order valence-electron chi connectivity index (χ4n) is 3.11. The van der Waals surface area contributed by atoms with E-state index in [1.54, 1.807) is 12.1 Å². The van der Waals surface area contributed by atoms with Crippen molar-refractivity contribution in [2.24, 2.45) is 0 Å². The Morgan fingerprint density at radius 1 is 1.20 bits per heavy atom. The molecule has 1 aromatic heterocycles. The lowest BCUT2D eigenvalue weighted by atomic mass is 10.0. The smallest absolute Gasteiger partial charge is 0.296 e. The lowest BCUT2D eigenvalue weighted by molar-refractivity contribution is 0.0948. The third kappa shape index (κ3) is 2.91. The van der Waals surface area contributed by atoms with Gasteiger partial charge in [0.15, 0.2) is 0 Å². The molecule has 0 N–H and O–H groups in total. The summed E-state index contributed by atoms with van der Waals surface area (Å²) in [5.41, 5.74) is 2.42. The fourth-order valence-corrected chi connectivity index (χ4v) is 3.34. The molecule has 2 heterocycles. The monoisotopic (exact) mass is 356 g/mol. The Labute approximate surface area is 148 Å². The molecule has 2 aromatic carbocycles. The van der Waals surface area contributed by atoms with Crippen molar-refractivity contribution in [2.75, 3.05) is 11.4 Å². The van der Waals surface area contributed by atoms with E-state index in [0.717, 1.165) is 17.5 Å². The predicted octanol–water partition coefficient (Wildman–Crippen LogP) is 4.73. The molecular weight excluding hydrogens is 343 g/mol. The van der Waals surface area contributed by atoms with E-state index in [9.17, 15) is 9.18 Å². The van der Waals surface area contributed by atoms with Crippen LogP contribution in [0.4, 0.5) is 10.1 Å². The summed E-state index contributed by atoms with van der Waals surface area (Å²) in [6.45, 7) is 0.422. The second-order valence-electron chi connectivity index (χ2n) is 5.90. The van der Waals surface area contributed by atoms with Crippen molar-refractivity contribution in [1.29, 1.82) is 0 Å². The van der Waals surface area contributed by atoms with Crippen LogP contribution in [0.3, 0.4) is 0 Å². The molecule has 1 amide bonds. The van der Waals surface area contributed by atoms with Crippen molar-refractivity contribution in [1.82, 2.24) is 5.16 Å². The van der Waals surface area contributed by atoms with Gasteiger partial charge in [-0.1, -0.05) is 47.1 Å². The maximum absolute atomic E-state index is 14.4. The summed E-state index contributed by atoms with van der Waals surface area (Å²) < 4.78 is 19.6. The van der Waals surface area contributed by atoms with E-state index in [4.69, 9.17) is 16.1 Å². The van der Waals surface area contributed by atoms with Crippen LogP contribution in [-0.2, 0) is 6.42 Å². The van der Waals surface area contributed by atoms with Crippen LogP contribution < -0.4 is 4.90 Å². The molecule has 1 aliphatic heterocycles. The Bertz CT molecular complexity index is 940. The van der Waals surface area contributed by atoms with E-state index in [2.05, 4.69) is 5.16 Å². The summed E-state index contributed by atoms with van der Waals surface area (Å²) in [5, 5.41) is 4.29. The van der Waals surface area contributed by atoms with E-state index in [1.165, 1.54) is 11.0 Å². The normalized spacial score (nSPS) is 13.6. The van der Waals surface area contributed by atoms with Gasteiger partial charge in [-0.05, 0) is 30.5 Å².